The maximum Gasteiger partial charge on any atom is 0.312 e. The van der Waals surface area contributed by atoms with Crippen molar-refractivity contribution in [3.63, 3.8) is 0 Å². The molecule has 0 unspecified atom stereocenters. The van der Waals surface area contributed by atoms with Crippen LogP contribution < -0.4 is 10.5 Å². The van der Waals surface area contributed by atoms with Crippen molar-refractivity contribution < 1.29 is 18.4 Å². The Labute approximate surface area is 119 Å². The second kappa shape index (κ2) is 5.37. The lowest BCUT2D eigenvalue weighted by atomic mass is 10.3. The number of nitrogen functional groups attached to an aromatic ring is 1. The molecule has 1 aromatic carbocycles. The van der Waals surface area contributed by atoms with E-state index in [2.05, 4.69) is 20.9 Å². The molecule has 0 amide bonds. The molecule has 104 valence electrons. The summed E-state index contributed by atoms with van der Waals surface area (Å²) in [5.74, 6) is -3.65. The molecule has 1 heterocycles. The molecule has 2 aromatic rings. The molecule has 0 fully saturated rings. The number of anilines is 1. The van der Waals surface area contributed by atoms with Gasteiger partial charge in [-0.2, -0.15) is 4.98 Å². The van der Waals surface area contributed by atoms with E-state index in [0.29, 0.717) is 6.07 Å². The van der Waals surface area contributed by atoms with Crippen molar-refractivity contribution in [1.29, 1.82) is 0 Å². The summed E-state index contributed by atoms with van der Waals surface area (Å²) in [6, 6.07) is 4.54. The molecule has 2 rings (SSSR count). The van der Waals surface area contributed by atoms with Gasteiger partial charge < -0.3 is 10.5 Å². The zero-order chi connectivity index (χ0) is 14.9. The third-order valence-corrected chi connectivity index (χ3v) is 2.89. The third kappa shape index (κ3) is 2.67. The van der Waals surface area contributed by atoms with Gasteiger partial charge in [-0.15, -0.1) is 0 Å². The average Bonchev–Trinajstić information content (AvgIpc) is 2.37. The van der Waals surface area contributed by atoms with Crippen molar-refractivity contribution in [1.82, 2.24) is 4.98 Å². The molecule has 0 spiro atoms. The summed E-state index contributed by atoms with van der Waals surface area (Å²) < 4.78 is 31.8. The molecule has 0 saturated carbocycles. The Hall–Kier alpha value is -2.29. The summed E-state index contributed by atoms with van der Waals surface area (Å²) in [6.07, 6.45) is 0. The first kappa shape index (κ1) is 14.1. The Morgan fingerprint density at radius 2 is 2.05 bits per heavy atom. The van der Waals surface area contributed by atoms with Crippen molar-refractivity contribution >= 4 is 27.4 Å². The highest BCUT2D eigenvalue weighted by Crippen LogP contribution is 2.38. The molecule has 0 radical (unpaired) electrons. The minimum Gasteiger partial charge on any atom is -0.428 e. The molecule has 0 aliphatic heterocycles. The average molecular weight is 346 g/mol. The zero-order valence-corrected chi connectivity index (χ0v) is 11.2. The van der Waals surface area contributed by atoms with Crippen molar-refractivity contribution in [2.45, 2.75) is 0 Å². The Bertz CT molecular complexity index is 697. The minimum absolute atomic E-state index is 0.218. The van der Waals surface area contributed by atoms with Gasteiger partial charge in [0.05, 0.1) is 9.40 Å². The molecule has 20 heavy (non-hydrogen) atoms. The van der Waals surface area contributed by atoms with Crippen LogP contribution in [-0.2, 0) is 0 Å². The number of hydrogen-bond donors (Lipinski definition) is 1. The molecule has 6 nitrogen and oxygen atoms in total. The van der Waals surface area contributed by atoms with Crippen molar-refractivity contribution in [3.8, 4) is 11.6 Å². The molecule has 0 aliphatic carbocycles. The van der Waals surface area contributed by atoms with Crippen LogP contribution in [0.3, 0.4) is 0 Å². The standard InChI is InChI=1S/C11H6BrF2N3O3/c12-5-2-1-3-8(17(18)19)9(5)20-11-7(14)4-6(13)10(15)16-11/h1-4H,(H2,15,16). The Morgan fingerprint density at radius 1 is 1.35 bits per heavy atom. The molecule has 2 N–H and O–H groups in total. The van der Waals surface area contributed by atoms with Gasteiger partial charge in [0, 0.05) is 12.1 Å². The molecule has 0 saturated heterocycles. The van der Waals surface area contributed by atoms with E-state index in [9.17, 15) is 18.9 Å². The lowest BCUT2D eigenvalue weighted by Crippen LogP contribution is -2.02. The van der Waals surface area contributed by atoms with Crippen LogP contribution in [0.15, 0.2) is 28.7 Å². The maximum absolute atomic E-state index is 13.5. The summed E-state index contributed by atoms with van der Waals surface area (Å²) in [5, 5.41) is 10.9. The number of nitro groups is 1. The first-order valence-electron chi connectivity index (χ1n) is 5.12. The smallest absolute Gasteiger partial charge is 0.312 e. The summed E-state index contributed by atoms with van der Waals surface area (Å²) in [6.45, 7) is 0. The number of nitrogens with zero attached hydrogens (tertiary/aromatic N) is 2. The van der Waals surface area contributed by atoms with E-state index in [-0.39, 0.29) is 10.2 Å². The fourth-order valence-corrected chi connectivity index (χ4v) is 1.81. The van der Waals surface area contributed by atoms with Crippen LogP contribution >= 0.6 is 15.9 Å². The van der Waals surface area contributed by atoms with Crippen LogP contribution in [0.1, 0.15) is 0 Å². The highest BCUT2D eigenvalue weighted by atomic mass is 79.9. The number of hydrogen-bond acceptors (Lipinski definition) is 5. The summed E-state index contributed by atoms with van der Waals surface area (Å²) in [5.41, 5.74) is 4.80. The van der Waals surface area contributed by atoms with E-state index >= 15 is 0 Å². The Balaban J connectivity index is 2.50. The van der Waals surface area contributed by atoms with E-state index in [4.69, 9.17) is 10.5 Å². The largest absolute Gasteiger partial charge is 0.428 e. The molecule has 0 bridgehead atoms. The van der Waals surface area contributed by atoms with E-state index < -0.39 is 33.9 Å². The molecule has 0 aliphatic rings. The van der Waals surface area contributed by atoms with E-state index in [1.807, 2.05) is 0 Å². The lowest BCUT2D eigenvalue weighted by Gasteiger charge is -2.08. The minimum atomic E-state index is -1.12. The van der Waals surface area contributed by atoms with Gasteiger partial charge in [0.25, 0.3) is 5.88 Å². The predicted octanol–water partition coefficient (Wildman–Crippen LogP) is 3.41. The Morgan fingerprint density at radius 3 is 2.70 bits per heavy atom. The molecular formula is C11H6BrF2N3O3. The topological polar surface area (TPSA) is 91.3 Å². The van der Waals surface area contributed by atoms with Gasteiger partial charge in [0.2, 0.25) is 5.75 Å². The van der Waals surface area contributed by atoms with Gasteiger partial charge in [-0.3, -0.25) is 10.1 Å². The molecule has 0 atom stereocenters. The van der Waals surface area contributed by atoms with Gasteiger partial charge >= 0.3 is 5.69 Å². The fraction of sp³-hybridized carbons (Fsp3) is 0. The predicted molar refractivity (Wildman–Crippen MR) is 69.4 cm³/mol. The Kier molecular flexibility index (Phi) is 3.79. The first-order chi connectivity index (χ1) is 9.40. The number of pyridine rings is 1. The number of benzene rings is 1. The van der Waals surface area contributed by atoms with Gasteiger partial charge in [-0.25, -0.2) is 8.78 Å². The SMILES string of the molecule is Nc1nc(Oc2c(Br)cccc2[N+](=O)[O-])c(F)cc1F. The number of aromatic nitrogens is 1. The van der Waals surface area contributed by atoms with E-state index in [1.54, 1.807) is 0 Å². The number of para-hydroxylation sites is 1. The second-order valence-electron chi connectivity index (χ2n) is 3.59. The molecule has 1 aromatic heterocycles. The number of rotatable bonds is 3. The maximum atomic E-state index is 13.5. The van der Waals surface area contributed by atoms with Crippen molar-refractivity contribution in [2.24, 2.45) is 0 Å². The lowest BCUT2D eigenvalue weighted by molar-refractivity contribution is -0.385. The third-order valence-electron chi connectivity index (χ3n) is 2.27. The number of nitrogens with two attached hydrogens (primary N) is 1. The molecule has 9 heteroatoms. The van der Waals surface area contributed by atoms with Gasteiger partial charge in [0.1, 0.15) is 0 Å². The van der Waals surface area contributed by atoms with Crippen LogP contribution in [0.2, 0.25) is 0 Å². The van der Waals surface area contributed by atoms with E-state index in [0.717, 1.165) is 0 Å². The highest BCUT2D eigenvalue weighted by Gasteiger charge is 2.21. The summed E-state index contributed by atoms with van der Waals surface area (Å²) >= 11 is 3.05. The second-order valence-corrected chi connectivity index (χ2v) is 4.44. The molecular weight excluding hydrogens is 340 g/mol. The normalized spacial score (nSPS) is 10.3. The monoisotopic (exact) mass is 345 g/mol. The number of ether oxygens (including phenoxy) is 1. The number of nitro benzene ring substituents is 1. The first-order valence-corrected chi connectivity index (χ1v) is 5.91. The van der Waals surface area contributed by atoms with Crippen LogP contribution in [0.4, 0.5) is 20.3 Å². The zero-order valence-electron chi connectivity index (χ0n) is 9.64. The summed E-state index contributed by atoms with van der Waals surface area (Å²) in [7, 11) is 0. The van der Waals surface area contributed by atoms with Gasteiger partial charge in [-0.05, 0) is 22.0 Å². The van der Waals surface area contributed by atoms with Crippen LogP contribution in [0.5, 0.6) is 11.6 Å². The van der Waals surface area contributed by atoms with Gasteiger partial charge in [0.15, 0.2) is 17.5 Å². The van der Waals surface area contributed by atoms with E-state index in [1.165, 1.54) is 18.2 Å². The van der Waals surface area contributed by atoms with Gasteiger partial charge in [-0.1, -0.05) is 6.07 Å². The summed E-state index contributed by atoms with van der Waals surface area (Å²) in [4.78, 5) is 13.5. The highest BCUT2D eigenvalue weighted by molar-refractivity contribution is 9.10. The van der Waals surface area contributed by atoms with Crippen LogP contribution in [0, 0.1) is 21.7 Å². The fourth-order valence-electron chi connectivity index (χ4n) is 1.37. The van der Waals surface area contributed by atoms with Crippen LogP contribution in [0.25, 0.3) is 0 Å². The van der Waals surface area contributed by atoms with Crippen LogP contribution in [-0.4, -0.2) is 9.91 Å². The van der Waals surface area contributed by atoms with Crippen molar-refractivity contribution in [2.75, 3.05) is 5.73 Å². The quantitative estimate of drug-likeness (QED) is 0.679. The number of halogens is 3. The van der Waals surface area contributed by atoms with Crippen molar-refractivity contribution in [3.05, 3.63) is 50.5 Å².